The van der Waals surface area contributed by atoms with E-state index in [0.29, 0.717) is 6.04 Å². The van der Waals surface area contributed by atoms with Crippen LogP contribution in [0.4, 0.5) is 0 Å². The molecule has 0 fully saturated rings. The highest BCUT2D eigenvalue weighted by Crippen LogP contribution is 2.24. The molecule has 3 heteroatoms. The molecular weight excluding hydrogens is 258 g/mol. The summed E-state index contributed by atoms with van der Waals surface area (Å²) in [5, 5.41) is 7.97. The van der Waals surface area contributed by atoms with Crippen LogP contribution in [0.5, 0.6) is 0 Å². The predicted octanol–water partition coefficient (Wildman–Crippen LogP) is 4.65. The summed E-state index contributed by atoms with van der Waals surface area (Å²) in [6.45, 7) is 3.11. The first kappa shape index (κ1) is 13.5. The fourth-order valence-electron chi connectivity index (χ4n) is 1.90. The third-order valence-electron chi connectivity index (χ3n) is 2.81. The minimum atomic E-state index is 0.453. The molecule has 0 radical (unpaired) electrons. The Morgan fingerprint density at radius 2 is 2.06 bits per heavy atom. The van der Waals surface area contributed by atoms with E-state index in [0.717, 1.165) is 19.4 Å². The van der Waals surface area contributed by atoms with Gasteiger partial charge in [0.05, 0.1) is 0 Å². The Bertz CT molecular complexity index is 443. The van der Waals surface area contributed by atoms with E-state index in [-0.39, 0.29) is 0 Å². The molecule has 0 spiro atoms. The van der Waals surface area contributed by atoms with Crippen molar-refractivity contribution in [1.82, 2.24) is 5.32 Å². The predicted molar refractivity (Wildman–Crippen MR) is 82.5 cm³/mol. The average Bonchev–Trinajstić information content (AvgIpc) is 3.05. The van der Waals surface area contributed by atoms with E-state index in [2.05, 4.69) is 59.4 Å². The van der Waals surface area contributed by atoms with Gasteiger partial charge in [0.25, 0.3) is 0 Å². The van der Waals surface area contributed by atoms with E-state index in [9.17, 15) is 0 Å². The largest absolute Gasteiger partial charge is 0.309 e. The van der Waals surface area contributed by atoms with Crippen LogP contribution in [-0.4, -0.2) is 6.54 Å². The van der Waals surface area contributed by atoms with Gasteiger partial charge >= 0.3 is 0 Å². The Morgan fingerprint density at radius 3 is 2.72 bits per heavy atom. The fourth-order valence-corrected chi connectivity index (χ4v) is 3.45. The van der Waals surface area contributed by atoms with Crippen LogP contribution in [0, 0.1) is 0 Å². The van der Waals surface area contributed by atoms with Crippen LogP contribution in [-0.2, 0) is 6.42 Å². The third-order valence-corrected chi connectivity index (χ3v) is 4.69. The lowest BCUT2D eigenvalue weighted by Crippen LogP contribution is -2.23. The van der Waals surface area contributed by atoms with Crippen LogP contribution in [0.2, 0.25) is 0 Å². The number of allylic oxidation sites excluding steroid dienone is 1. The van der Waals surface area contributed by atoms with E-state index >= 15 is 0 Å². The van der Waals surface area contributed by atoms with Crippen molar-refractivity contribution < 1.29 is 0 Å². The molecular formula is C15H19NS2. The molecule has 0 aromatic carbocycles. The Morgan fingerprint density at radius 1 is 1.22 bits per heavy atom. The second kappa shape index (κ2) is 7.52. The number of thiophene rings is 2. The Hall–Kier alpha value is -0.900. The zero-order chi connectivity index (χ0) is 12.6. The molecule has 2 aromatic heterocycles. The van der Waals surface area contributed by atoms with Crippen LogP contribution in [0.25, 0.3) is 0 Å². The van der Waals surface area contributed by atoms with Gasteiger partial charge in [-0.1, -0.05) is 24.3 Å². The molecule has 0 amide bonds. The van der Waals surface area contributed by atoms with Gasteiger partial charge < -0.3 is 5.32 Å². The first-order chi connectivity index (χ1) is 8.90. The lowest BCUT2D eigenvalue weighted by atomic mass is 10.1. The number of hydrogen-bond donors (Lipinski definition) is 1. The SMILES string of the molecule is C/C=C/CCNC(Cc1cccs1)c1cccs1. The first-order valence-electron chi connectivity index (χ1n) is 6.30. The number of rotatable bonds is 7. The summed E-state index contributed by atoms with van der Waals surface area (Å²) in [6, 6.07) is 9.17. The third kappa shape index (κ3) is 4.09. The highest BCUT2D eigenvalue weighted by Gasteiger charge is 2.12. The topological polar surface area (TPSA) is 12.0 Å². The van der Waals surface area contributed by atoms with Crippen LogP contribution >= 0.6 is 22.7 Å². The average molecular weight is 277 g/mol. The quantitative estimate of drug-likeness (QED) is 0.574. The molecule has 2 rings (SSSR count). The molecule has 0 aliphatic heterocycles. The normalized spacial score (nSPS) is 13.2. The molecule has 1 N–H and O–H groups in total. The highest BCUT2D eigenvalue weighted by molar-refractivity contribution is 7.10. The first-order valence-corrected chi connectivity index (χ1v) is 8.06. The van der Waals surface area contributed by atoms with Gasteiger partial charge in [-0.05, 0) is 42.8 Å². The second-order valence-electron chi connectivity index (χ2n) is 4.16. The molecule has 0 saturated carbocycles. The van der Waals surface area contributed by atoms with Crippen LogP contribution in [0.15, 0.2) is 47.2 Å². The molecule has 1 unspecified atom stereocenters. The van der Waals surface area contributed by atoms with E-state index in [1.807, 2.05) is 22.7 Å². The summed E-state index contributed by atoms with van der Waals surface area (Å²) in [7, 11) is 0. The summed E-state index contributed by atoms with van der Waals surface area (Å²) in [5.74, 6) is 0. The summed E-state index contributed by atoms with van der Waals surface area (Å²) >= 11 is 3.68. The van der Waals surface area contributed by atoms with Crippen molar-refractivity contribution in [1.29, 1.82) is 0 Å². The van der Waals surface area contributed by atoms with E-state index in [1.54, 1.807) is 0 Å². The molecule has 0 bridgehead atoms. The summed E-state index contributed by atoms with van der Waals surface area (Å²) in [4.78, 5) is 2.89. The summed E-state index contributed by atoms with van der Waals surface area (Å²) < 4.78 is 0. The van der Waals surface area contributed by atoms with Gasteiger partial charge in [0.2, 0.25) is 0 Å². The van der Waals surface area contributed by atoms with Crippen molar-refractivity contribution in [2.24, 2.45) is 0 Å². The molecule has 0 saturated heterocycles. The molecule has 18 heavy (non-hydrogen) atoms. The van der Waals surface area contributed by atoms with Gasteiger partial charge in [-0.25, -0.2) is 0 Å². The molecule has 1 nitrogen and oxygen atoms in total. The van der Waals surface area contributed by atoms with Crippen molar-refractivity contribution in [3.63, 3.8) is 0 Å². The van der Waals surface area contributed by atoms with Crippen molar-refractivity contribution in [3.8, 4) is 0 Å². The molecule has 0 aliphatic rings. The smallest absolute Gasteiger partial charge is 0.0463 e. The van der Waals surface area contributed by atoms with Gasteiger partial charge in [0.15, 0.2) is 0 Å². The Balaban J connectivity index is 1.95. The van der Waals surface area contributed by atoms with E-state index < -0.39 is 0 Å². The van der Waals surface area contributed by atoms with Gasteiger partial charge in [-0.3, -0.25) is 0 Å². The van der Waals surface area contributed by atoms with Gasteiger partial charge in [-0.2, -0.15) is 0 Å². The lowest BCUT2D eigenvalue weighted by Gasteiger charge is -2.16. The van der Waals surface area contributed by atoms with Crippen LogP contribution < -0.4 is 5.32 Å². The molecule has 1 atom stereocenters. The summed E-state index contributed by atoms with van der Waals surface area (Å²) in [5.41, 5.74) is 0. The maximum absolute atomic E-state index is 3.66. The zero-order valence-electron chi connectivity index (χ0n) is 10.6. The Kier molecular flexibility index (Phi) is 5.65. The molecule has 2 aromatic rings. The standard InChI is InChI=1S/C15H19NS2/c1-2-3-4-9-16-14(15-8-6-11-18-15)12-13-7-5-10-17-13/h2-3,5-8,10-11,14,16H,4,9,12H2,1H3/b3-2+. The maximum atomic E-state index is 3.66. The molecule has 96 valence electrons. The molecule has 0 aliphatic carbocycles. The molecule has 2 heterocycles. The Labute approximate surface area is 117 Å². The van der Waals surface area contributed by atoms with Crippen LogP contribution in [0.1, 0.15) is 29.1 Å². The van der Waals surface area contributed by atoms with Crippen molar-refractivity contribution in [2.45, 2.75) is 25.8 Å². The van der Waals surface area contributed by atoms with Crippen molar-refractivity contribution in [3.05, 3.63) is 56.9 Å². The van der Waals surface area contributed by atoms with Gasteiger partial charge in [0, 0.05) is 22.2 Å². The van der Waals surface area contributed by atoms with Crippen molar-refractivity contribution >= 4 is 22.7 Å². The van der Waals surface area contributed by atoms with Crippen LogP contribution in [0.3, 0.4) is 0 Å². The number of hydrogen-bond acceptors (Lipinski definition) is 3. The van der Waals surface area contributed by atoms with E-state index in [4.69, 9.17) is 0 Å². The van der Waals surface area contributed by atoms with E-state index in [1.165, 1.54) is 9.75 Å². The second-order valence-corrected chi connectivity index (χ2v) is 6.17. The van der Waals surface area contributed by atoms with Gasteiger partial charge in [-0.15, -0.1) is 22.7 Å². The monoisotopic (exact) mass is 277 g/mol. The fraction of sp³-hybridized carbons (Fsp3) is 0.333. The van der Waals surface area contributed by atoms with Crippen molar-refractivity contribution in [2.75, 3.05) is 6.54 Å². The minimum Gasteiger partial charge on any atom is -0.309 e. The maximum Gasteiger partial charge on any atom is 0.0463 e. The minimum absolute atomic E-state index is 0.453. The zero-order valence-corrected chi connectivity index (χ0v) is 12.3. The highest BCUT2D eigenvalue weighted by atomic mass is 32.1. The number of nitrogens with one attached hydrogen (secondary N) is 1. The lowest BCUT2D eigenvalue weighted by molar-refractivity contribution is 0.548. The van der Waals surface area contributed by atoms with Gasteiger partial charge in [0.1, 0.15) is 0 Å². The summed E-state index contributed by atoms with van der Waals surface area (Å²) in [6.07, 6.45) is 6.52.